The SMILES string of the molecule is Cc1nc2cc3c(cc2n1Cc1ccc(C(=O)O)o1)OCCO3. The smallest absolute Gasteiger partial charge is 0.371 e. The number of fused-ring (bicyclic) bond motifs is 2. The minimum absolute atomic E-state index is 0.0730. The quantitative estimate of drug-likeness (QED) is 0.799. The minimum atomic E-state index is -1.08. The van der Waals surface area contributed by atoms with Gasteiger partial charge in [-0.05, 0) is 19.1 Å². The van der Waals surface area contributed by atoms with Crippen LogP contribution in [0.25, 0.3) is 11.0 Å². The van der Waals surface area contributed by atoms with Crippen LogP contribution in [0.4, 0.5) is 0 Å². The second-order valence-corrected chi connectivity index (χ2v) is 5.30. The first-order valence-electron chi connectivity index (χ1n) is 7.20. The topological polar surface area (TPSA) is 86.7 Å². The van der Waals surface area contributed by atoms with Crippen molar-refractivity contribution in [3.63, 3.8) is 0 Å². The van der Waals surface area contributed by atoms with Crippen molar-refractivity contribution in [1.29, 1.82) is 0 Å². The largest absolute Gasteiger partial charge is 0.486 e. The number of aromatic carboxylic acids is 1. The first-order valence-corrected chi connectivity index (χ1v) is 7.20. The summed E-state index contributed by atoms with van der Waals surface area (Å²) in [5.41, 5.74) is 1.69. The molecule has 0 spiro atoms. The number of rotatable bonds is 3. The van der Waals surface area contributed by atoms with E-state index in [9.17, 15) is 4.79 Å². The van der Waals surface area contributed by atoms with Gasteiger partial charge in [-0.2, -0.15) is 0 Å². The van der Waals surface area contributed by atoms with E-state index in [2.05, 4.69) is 4.98 Å². The maximum Gasteiger partial charge on any atom is 0.371 e. The lowest BCUT2D eigenvalue weighted by molar-refractivity contribution is 0.0660. The number of carbonyl (C=O) groups is 1. The number of hydrogen-bond acceptors (Lipinski definition) is 5. The average molecular weight is 314 g/mol. The van der Waals surface area contributed by atoms with Crippen molar-refractivity contribution in [3.8, 4) is 11.5 Å². The third-order valence-corrected chi connectivity index (χ3v) is 3.79. The molecule has 0 aliphatic carbocycles. The van der Waals surface area contributed by atoms with Crippen LogP contribution in [0.5, 0.6) is 11.5 Å². The van der Waals surface area contributed by atoms with Gasteiger partial charge in [0.2, 0.25) is 5.76 Å². The molecule has 0 radical (unpaired) electrons. The highest BCUT2D eigenvalue weighted by Crippen LogP contribution is 2.35. The first kappa shape index (κ1) is 13.7. The number of benzene rings is 1. The highest BCUT2D eigenvalue weighted by molar-refractivity contribution is 5.84. The predicted molar refractivity (Wildman–Crippen MR) is 80.2 cm³/mol. The average Bonchev–Trinajstić information content (AvgIpc) is 3.11. The van der Waals surface area contributed by atoms with Crippen LogP contribution < -0.4 is 9.47 Å². The lowest BCUT2D eigenvalue weighted by atomic mass is 10.2. The molecule has 1 aromatic carbocycles. The Bertz CT molecular complexity index is 909. The summed E-state index contributed by atoms with van der Waals surface area (Å²) in [6.07, 6.45) is 0. The Morgan fingerprint density at radius 2 is 2.00 bits per heavy atom. The molecule has 0 fully saturated rings. The molecule has 3 heterocycles. The Hall–Kier alpha value is -2.96. The second-order valence-electron chi connectivity index (χ2n) is 5.30. The van der Waals surface area contributed by atoms with Crippen molar-refractivity contribution in [3.05, 3.63) is 41.6 Å². The molecular weight excluding hydrogens is 300 g/mol. The van der Waals surface area contributed by atoms with Gasteiger partial charge in [0.1, 0.15) is 24.8 Å². The lowest BCUT2D eigenvalue weighted by Crippen LogP contribution is -2.15. The van der Waals surface area contributed by atoms with Gasteiger partial charge >= 0.3 is 5.97 Å². The maximum atomic E-state index is 10.9. The summed E-state index contributed by atoms with van der Waals surface area (Å²) in [5, 5.41) is 8.94. The van der Waals surface area contributed by atoms with E-state index in [-0.39, 0.29) is 5.76 Å². The van der Waals surface area contributed by atoms with Gasteiger partial charge in [0.25, 0.3) is 0 Å². The molecule has 7 nitrogen and oxygen atoms in total. The van der Waals surface area contributed by atoms with Crippen LogP contribution >= 0.6 is 0 Å². The standard InChI is InChI=1S/C16H14N2O5/c1-9-17-11-6-14-15(22-5-4-21-14)7-12(11)18(9)8-10-2-3-13(23-10)16(19)20/h2-3,6-7H,4-5,8H2,1H3,(H,19,20). The highest BCUT2D eigenvalue weighted by Gasteiger charge is 2.18. The second kappa shape index (κ2) is 5.05. The number of aromatic nitrogens is 2. The fraction of sp³-hybridized carbons (Fsp3) is 0.250. The molecule has 0 bridgehead atoms. The zero-order valence-corrected chi connectivity index (χ0v) is 12.4. The summed E-state index contributed by atoms with van der Waals surface area (Å²) in [5.74, 6) is 1.59. The monoisotopic (exact) mass is 314 g/mol. The maximum absolute atomic E-state index is 10.9. The van der Waals surface area contributed by atoms with Crippen molar-refractivity contribution < 1.29 is 23.8 Å². The van der Waals surface area contributed by atoms with Gasteiger partial charge in [-0.25, -0.2) is 9.78 Å². The van der Waals surface area contributed by atoms with E-state index < -0.39 is 5.97 Å². The highest BCUT2D eigenvalue weighted by atomic mass is 16.6. The predicted octanol–water partition coefficient (Wildman–Crippen LogP) is 2.46. The molecule has 0 amide bonds. The van der Waals surface area contributed by atoms with Crippen molar-refractivity contribution in [2.24, 2.45) is 0 Å². The van der Waals surface area contributed by atoms with Gasteiger partial charge in [-0.15, -0.1) is 0 Å². The van der Waals surface area contributed by atoms with E-state index in [4.69, 9.17) is 19.0 Å². The van der Waals surface area contributed by atoms with Gasteiger partial charge in [-0.1, -0.05) is 0 Å². The van der Waals surface area contributed by atoms with Gasteiger partial charge in [-0.3, -0.25) is 0 Å². The van der Waals surface area contributed by atoms with Gasteiger partial charge in [0.05, 0.1) is 17.6 Å². The minimum Gasteiger partial charge on any atom is -0.486 e. The molecule has 3 aromatic rings. The third-order valence-electron chi connectivity index (χ3n) is 3.79. The molecule has 0 atom stereocenters. The normalized spacial score (nSPS) is 13.4. The summed E-state index contributed by atoms with van der Waals surface area (Å²) < 4.78 is 18.5. The van der Waals surface area contributed by atoms with Crippen LogP contribution in [0, 0.1) is 6.92 Å². The molecule has 2 aromatic heterocycles. The van der Waals surface area contributed by atoms with E-state index >= 15 is 0 Å². The van der Waals surface area contributed by atoms with E-state index in [0.29, 0.717) is 37.0 Å². The van der Waals surface area contributed by atoms with Crippen LogP contribution in [0.2, 0.25) is 0 Å². The van der Waals surface area contributed by atoms with Crippen LogP contribution in [-0.4, -0.2) is 33.8 Å². The van der Waals surface area contributed by atoms with Crippen LogP contribution in [-0.2, 0) is 6.54 Å². The van der Waals surface area contributed by atoms with Crippen LogP contribution in [0.3, 0.4) is 0 Å². The molecule has 7 heteroatoms. The van der Waals surface area contributed by atoms with Crippen molar-refractivity contribution in [1.82, 2.24) is 9.55 Å². The Labute approximate surface area is 131 Å². The molecule has 1 aliphatic rings. The molecular formula is C16H14N2O5. The molecule has 118 valence electrons. The van der Waals surface area contributed by atoms with Crippen LogP contribution in [0.15, 0.2) is 28.7 Å². The molecule has 23 heavy (non-hydrogen) atoms. The summed E-state index contributed by atoms with van der Waals surface area (Å²) in [4.78, 5) is 15.4. The van der Waals surface area contributed by atoms with Gasteiger partial charge in [0.15, 0.2) is 11.5 Å². The van der Waals surface area contributed by atoms with E-state index in [0.717, 1.165) is 16.9 Å². The number of carboxylic acids is 1. The number of nitrogens with zero attached hydrogens (tertiary/aromatic N) is 2. The van der Waals surface area contributed by atoms with Crippen molar-refractivity contribution in [2.75, 3.05) is 13.2 Å². The van der Waals surface area contributed by atoms with E-state index in [1.807, 2.05) is 23.6 Å². The molecule has 0 unspecified atom stereocenters. The Balaban J connectivity index is 1.76. The molecule has 1 N–H and O–H groups in total. The summed E-state index contributed by atoms with van der Waals surface area (Å²) in [6, 6.07) is 6.86. The van der Waals surface area contributed by atoms with Crippen molar-refractivity contribution >= 4 is 17.0 Å². The number of hydrogen-bond donors (Lipinski definition) is 1. The molecule has 1 aliphatic heterocycles. The number of carboxylic acid groups (broad SMARTS) is 1. The molecule has 4 rings (SSSR count). The fourth-order valence-electron chi connectivity index (χ4n) is 2.72. The fourth-order valence-corrected chi connectivity index (χ4v) is 2.72. The van der Waals surface area contributed by atoms with E-state index in [1.165, 1.54) is 6.07 Å². The summed E-state index contributed by atoms with van der Waals surface area (Å²) in [6.45, 7) is 3.34. The summed E-state index contributed by atoms with van der Waals surface area (Å²) in [7, 11) is 0. The number of imidazole rings is 1. The number of furan rings is 1. The molecule has 0 saturated heterocycles. The van der Waals surface area contributed by atoms with Crippen LogP contribution in [0.1, 0.15) is 22.1 Å². The Morgan fingerprint density at radius 1 is 1.26 bits per heavy atom. The zero-order valence-electron chi connectivity index (χ0n) is 12.4. The van der Waals surface area contributed by atoms with Gasteiger partial charge in [0, 0.05) is 12.1 Å². The lowest BCUT2D eigenvalue weighted by Gasteiger charge is -2.18. The van der Waals surface area contributed by atoms with Crippen molar-refractivity contribution in [2.45, 2.75) is 13.5 Å². The summed E-state index contributed by atoms with van der Waals surface area (Å²) >= 11 is 0. The first-order chi connectivity index (χ1) is 11.1. The Kier molecular flexibility index (Phi) is 3.00. The van der Waals surface area contributed by atoms with E-state index in [1.54, 1.807) is 6.07 Å². The zero-order chi connectivity index (χ0) is 16.0. The third kappa shape index (κ3) is 2.30. The number of aryl methyl sites for hydroxylation is 1. The number of ether oxygens (including phenoxy) is 2. The van der Waals surface area contributed by atoms with Gasteiger partial charge < -0.3 is 23.6 Å². The Morgan fingerprint density at radius 3 is 2.70 bits per heavy atom. The molecule has 0 saturated carbocycles.